The first-order valence-corrected chi connectivity index (χ1v) is 8.53. The van der Waals surface area contributed by atoms with Gasteiger partial charge in [-0.25, -0.2) is 0 Å². The standard InChI is InChI=1S/C13H19ClN2O4S/c1-20-13-6-5-10(14)8-12(13)15-21(18,19)16-7-3-2-4-11(16)9-17/h5-6,8,11,15,17H,2-4,7,9H2,1H3. The Hall–Kier alpha value is -1.02. The molecule has 0 radical (unpaired) electrons. The Kier molecular flexibility index (Phi) is 5.32. The summed E-state index contributed by atoms with van der Waals surface area (Å²) in [6.07, 6.45) is 2.35. The Labute approximate surface area is 129 Å². The van der Waals surface area contributed by atoms with Gasteiger partial charge in [-0.05, 0) is 31.0 Å². The summed E-state index contributed by atoms with van der Waals surface area (Å²) in [4.78, 5) is 0. The predicted octanol–water partition coefficient (Wildman–Crippen LogP) is 1.85. The number of benzene rings is 1. The van der Waals surface area contributed by atoms with Crippen molar-refractivity contribution in [3.8, 4) is 5.75 Å². The molecule has 0 aliphatic carbocycles. The van der Waals surface area contributed by atoms with Crippen LogP contribution in [0.5, 0.6) is 5.75 Å². The first-order valence-electron chi connectivity index (χ1n) is 6.72. The lowest BCUT2D eigenvalue weighted by Crippen LogP contribution is -2.47. The van der Waals surface area contributed by atoms with Crippen LogP contribution < -0.4 is 9.46 Å². The fraction of sp³-hybridized carbons (Fsp3) is 0.538. The van der Waals surface area contributed by atoms with Crippen LogP contribution in [-0.4, -0.2) is 44.1 Å². The number of anilines is 1. The zero-order chi connectivity index (χ0) is 15.5. The van der Waals surface area contributed by atoms with Gasteiger partial charge in [0.25, 0.3) is 0 Å². The number of aliphatic hydroxyl groups excluding tert-OH is 1. The monoisotopic (exact) mass is 334 g/mol. The van der Waals surface area contributed by atoms with Crippen molar-refractivity contribution >= 4 is 27.5 Å². The van der Waals surface area contributed by atoms with Crippen LogP contribution in [-0.2, 0) is 10.2 Å². The topological polar surface area (TPSA) is 78.9 Å². The molecular formula is C13H19ClN2O4S. The molecule has 1 atom stereocenters. The third-order valence-electron chi connectivity index (χ3n) is 3.49. The van der Waals surface area contributed by atoms with Crippen LogP contribution in [0.2, 0.25) is 5.02 Å². The van der Waals surface area contributed by atoms with Crippen LogP contribution in [0.25, 0.3) is 0 Å². The van der Waals surface area contributed by atoms with E-state index in [1.54, 1.807) is 12.1 Å². The zero-order valence-corrected chi connectivity index (χ0v) is 13.3. The summed E-state index contributed by atoms with van der Waals surface area (Å²) in [6.45, 7) is 0.205. The largest absolute Gasteiger partial charge is 0.495 e. The number of nitrogens with zero attached hydrogens (tertiary/aromatic N) is 1. The maximum absolute atomic E-state index is 12.5. The van der Waals surface area contributed by atoms with Crippen molar-refractivity contribution in [1.29, 1.82) is 0 Å². The van der Waals surface area contributed by atoms with Gasteiger partial charge in [0, 0.05) is 17.6 Å². The predicted molar refractivity (Wildman–Crippen MR) is 82.0 cm³/mol. The van der Waals surface area contributed by atoms with Gasteiger partial charge < -0.3 is 9.84 Å². The van der Waals surface area contributed by atoms with E-state index in [4.69, 9.17) is 16.3 Å². The highest BCUT2D eigenvalue weighted by Crippen LogP contribution is 2.30. The third-order valence-corrected chi connectivity index (χ3v) is 5.30. The van der Waals surface area contributed by atoms with Gasteiger partial charge in [0.15, 0.2) is 0 Å². The molecule has 2 rings (SSSR count). The molecule has 1 aliphatic rings. The fourth-order valence-corrected chi connectivity index (χ4v) is 4.09. The molecule has 21 heavy (non-hydrogen) atoms. The van der Waals surface area contributed by atoms with Crippen molar-refractivity contribution in [2.45, 2.75) is 25.3 Å². The van der Waals surface area contributed by atoms with Crippen molar-refractivity contribution < 1.29 is 18.3 Å². The number of piperidine rings is 1. The lowest BCUT2D eigenvalue weighted by atomic mass is 10.1. The minimum absolute atomic E-state index is 0.187. The van der Waals surface area contributed by atoms with Gasteiger partial charge >= 0.3 is 10.2 Å². The highest BCUT2D eigenvalue weighted by molar-refractivity contribution is 7.90. The summed E-state index contributed by atoms with van der Waals surface area (Å²) < 4.78 is 33.9. The molecular weight excluding hydrogens is 316 g/mol. The van der Waals surface area contributed by atoms with E-state index in [1.807, 2.05) is 0 Å². The highest BCUT2D eigenvalue weighted by atomic mass is 35.5. The van der Waals surface area contributed by atoms with Crippen LogP contribution in [0, 0.1) is 0 Å². The molecule has 118 valence electrons. The van der Waals surface area contributed by atoms with Crippen LogP contribution in [0.4, 0.5) is 5.69 Å². The van der Waals surface area contributed by atoms with E-state index in [2.05, 4.69) is 4.72 Å². The average molecular weight is 335 g/mol. The van der Waals surface area contributed by atoms with Crippen molar-refractivity contribution in [3.05, 3.63) is 23.2 Å². The summed E-state index contributed by atoms with van der Waals surface area (Å²) in [5.74, 6) is 0.389. The summed E-state index contributed by atoms with van der Waals surface area (Å²) >= 11 is 5.90. The fourth-order valence-electron chi connectivity index (χ4n) is 2.43. The van der Waals surface area contributed by atoms with Crippen LogP contribution in [0.3, 0.4) is 0 Å². The van der Waals surface area contributed by atoms with E-state index in [0.717, 1.165) is 12.8 Å². The Bertz CT molecular complexity index is 594. The normalized spacial score (nSPS) is 20.2. The van der Waals surface area contributed by atoms with Gasteiger partial charge in [0.2, 0.25) is 0 Å². The number of rotatable bonds is 5. The number of halogens is 1. The average Bonchev–Trinajstić information content (AvgIpc) is 2.47. The van der Waals surface area contributed by atoms with Crippen LogP contribution >= 0.6 is 11.6 Å². The first kappa shape index (κ1) is 16.4. The molecule has 0 spiro atoms. The molecule has 1 heterocycles. The maximum Gasteiger partial charge on any atom is 0.302 e. The first-order chi connectivity index (χ1) is 9.97. The van der Waals surface area contributed by atoms with Gasteiger partial charge in [-0.15, -0.1) is 0 Å². The summed E-state index contributed by atoms with van der Waals surface area (Å²) in [6, 6.07) is 4.33. The molecule has 8 heteroatoms. The SMILES string of the molecule is COc1ccc(Cl)cc1NS(=O)(=O)N1CCCCC1CO. The quantitative estimate of drug-likeness (QED) is 0.861. The number of aliphatic hydroxyl groups is 1. The molecule has 1 saturated heterocycles. The molecule has 1 aliphatic heterocycles. The van der Waals surface area contributed by atoms with Crippen molar-refractivity contribution in [3.63, 3.8) is 0 Å². The Balaban J connectivity index is 2.26. The van der Waals surface area contributed by atoms with Crippen molar-refractivity contribution in [1.82, 2.24) is 4.31 Å². The molecule has 2 N–H and O–H groups in total. The number of nitrogens with one attached hydrogen (secondary N) is 1. The zero-order valence-electron chi connectivity index (χ0n) is 11.8. The van der Waals surface area contributed by atoms with E-state index in [0.29, 0.717) is 23.7 Å². The Morgan fingerprint density at radius 1 is 1.48 bits per heavy atom. The molecule has 0 aromatic heterocycles. The smallest absolute Gasteiger partial charge is 0.302 e. The number of ether oxygens (including phenoxy) is 1. The second kappa shape index (κ2) is 6.83. The van der Waals surface area contributed by atoms with Crippen molar-refractivity contribution in [2.75, 3.05) is 25.0 Å². The Morgan fingerprint density at radius 2 is 2.24 bits per heavy atom. The number of hydrogen-bond acceptors (Lipinski definition) is 4. The number of methoxy groups -OCH3 is 1. The highest BCUT2D eigenvalue weighted by Gasteiger charge is 2.32. The van der Waals surface area contributed by atoms with E-state index in [9.17, 15) is 13.5 Å². The van der Waals surface area contributed by atoms with Gasteiger partial charge in [-0.2, -0.15) is 12.7 Å². The van der Waals surface area contributed by atoms with E-state index < -0.39 is 10.2 Å². The van der Waals surface area contributed by atoms with Gasteiger partial charge in [0.1, 0.15) is 5.75 Å². The molecule has 1 fully saturated rings. The molecule has 1 aromatic carbocycles. The minimum atomic E-state index is -3.76. The molecule has 0 saturated carbocycles. The molecule has 1 aromatic rings. The van der Waals surface area contributed by atoms with Crippen LogP contribution in [0.15, 0.2) is 18.2 Å². The summed E-state index contributed by atoms with van der Waals surface area (Å²) in [5.41, 5.74) is 0.285. The van der Waals surface area contributed by atoms with E-state index in [1.165, 1.54) is 17.5 Å². The molecule has 1 unspecified atom stereocenters. The van der Waals surface area contributed by atoms with Crippen molar-refractivity contribution in [2.24, 2.45) is 0 Å². The molecule has 6 nitrogen and oxygen atoms in total. The number of hydrogen-bond donors (Lipinski definition) is 2. The molecule has 0 bridgehead atoms. The summed E-state index contributed by atoms with van der Waals surface area (Å²) in [7, 11) is -2.31. The Morgan fingerprint density at radius 3 is 2.90 bits per heavy atom. The minimum Gasteiger partial charge on any atom is -0.495 e. The van der Waals surface area contributed by atoms with Gasteiger partial charge in [0.05, 0.1) is 19.4 Å². The summed E-state index contributed by atoms with van der Waals surface area (Å²) in [5, 5.41) is 9.76. The van der Waals surface area contributed by atoms with Crippen LogP contribution in [0.1, 0.15) is 19.3 Å². The van der Waals surface area contributed by atoms with Gasteiger partial charge in [-0.1, -0.05) is 18.0 Å². The van der Waals surface area contributed by atoms with E-state index >= 15 is 0 Å². The maximum atomic E-state index is 12.5. The molecule has 0 amide bonds. The van der Waals surface area contributed by atoms with E-state index in [-0.39, 0.29) is 18.3 Å². The lowest BCUT2D eigenvalue weighted by molar-refractivity contribution is 0.156. The van der Waals surface area contributed by atoms with Gasteiger partial charge in [-0.3, -0.25) is 4.72 Å². The second-order valence-electron chi connectivity index (χ2n) is 4.89. The second-order valence-corrected chi connectivity index (χ2v) is 6.95. The third kappa shape index (κ3) is 3.79. The lowest BCUT2D eigenvalue weighted by Gasteiger charge is -2.33.